The van der Waals surface area contributed by atoms with Gasteiger partial charge >= 0.3 is 0 Å². The Morgan fingerprint density at radius 2 is 2.11 bits per heavy atom. The van der Waals surface area contributed by atoms with Gasteiger partial charge in [-0.3, -0.25) is 4.98 Å². The fourth-order valence-corrected chi connectivity index (χ4v) is 6.54. The molecule has 3 aliphatic rings. The number of nitrogens with zero attached hydrogens (tertiary/aromatic N) is 2. The number of rotatable bonds is 5. The topological polar surface area (TPSA) is 83.5 Å². The number of pyridine rings is 1. The predicted octanol–water partition coefficient (Wildman–Crippen LogP) is 2.36. The number of guanidine groups is 1. The molecule has 1 aromatic rings. The van der Waals surface area contributed by atoms with Crippen molar-refractivity contribution in [3.8, 4) is 0 Å². The highest BCUT2D eigenvalue weighted by Gasteiger charge is 2.40. The van der Waals surface area contributed by atoms with Gasteiger partial charge in [0.15, 0.2) is 15.8 Å². The molecule has 2 heterocycles. The predicted molar refractivity (Wildman–Crippen MR) is 118 cm³/mol. The second kappa shape index (κ2) is 9.07. The lowest BCUT2D eigenvalue weighted by molar-refractivity contribution is 0.386. The maximum atomic E-state index is 11.7. The Bertz CT molecular complexity index is 756. The van der Waals surface area contributed by atoms with E-state index in [0.717, 1.165) is 29.9 Å². The molecular formula is C19H29IN4O2S. The fraction of sp³-hybridized carbons (Fsp3) is 0.684. The van der Waals surface area contributed by atoms with Gasteiger partial charge in [-0.25, -0.2) is 13.4 Å². The van der Waals surface area contributed by atoms with Crippen molar-refractivity contribution < 1.29 is 8.42 Å². The Kier molecular flexibility index (Phi) is 6.99. The number of sulfone groups is 1. The van der Waals surface area contributed by atoms with Crippen LogP contribution in [-0.2, 0) is 16.4 Å². The highest BCUT2D eigenvalue weighted by atomic mass is 127. The van der Waals surface area contributed by atoms with Crippen molar-refractivity contribution in [1.29, 1.82) is 0 Å². The van der Waals surface area contributed by atoms with Crippen LogP contribution in [0.4, 0.5) is 0 Å². The number of fused-ring (bicyclic) bond motifs is 2. The third-order valence-corrected chi connectivity index (χ3v) is 7.91. The first kappa shape index (κ1) is 20.8. The van der Waals surface area contributed by atoms with Gasteiger partial charge in [0.25, 0.3) is 0 Å². The first-order valence-electron chi connectivity index (χ1n) is 9.72. The summed E-state index contributed by atoms with van der Waals surface area (Å²) in [4.78, 5) is 9.06. The quantitative estimate of drug-likeness (QED) is 0.366. The molecule has 4 rings (SSSR count). The summed E-state index contributed by atoms with van der Waals surface area (Å²) in [6.07, 6.45) is 7.79. The summed E-state index contributed by atoms with van der Waals surface area (Å²) >= 11 is 0. The number of nitrogens with one attached hydrogen (secondary N) is 2. The van der Waals surface area contributed by atoms with E-state index in [4.69, 9.17) is 4.99 Å². The number of aromatic nitrogens is 1. The van der Waals surface area contributed by atoms with Gasteiger partial charge in [0.2, 0.25) is 0 Å². The Hall–Kier alpha value is -0.900. The van der Waals surface area contributed by atoms with Gasteiger partial charge in [-0.2, -0.15) is 0 Å². The first-order chi connectivity index (χ1) is 12.6. The van der Waals surface area contributed by atoms with Crippen molar-refractivity contribution in [1.82, 2.24) is 15.6 Å². The van der Waals surface area contributed by atoms with Crippen LogP contribution < -0.4 is 10.6 Å². The van der Waals surface area contributed by atoms with Crippen molar-refractivity contribution in [2.45, 2.75) is 44.7 Å². The van der Waals surface area contributed by atoms with E-state index in [9.17, 15) is 8.42 Å². The number of hydrogen-bond donors (Lipinski definition) is 2. The van der Waals surface area contributed by atoms with Crippen LogP contribution >= 0.6 is 24.0 Å². The highest BCUT2D eigenvalue weighted by Crippen LogP contribution is 2.44. The van der Waals surface area contributed by atoms with E-state index in [1.165, 1.54) is 25.7 Å². The van der Waals surface area contributed by atoms with Crippen molar-refractivity contribution in [2.75, 3.05) is 18.1 Å². The summed E-state index contributed by atoms with van der Waals surface area (Å²) in [5.74, 6) is 3.23. The Balaban J connectivity index is 0.00000210. The van der Waals surface area contributed by atoms with Crippen molar-refractivity contribution in [2.24, 2.45) is 22.7 Å². The lowest BCUT2D eigenvalue weighted by Crippen LogP contribution is -2.47. The third kappa shape index (κ3) is 5.56. The van der Waals surface area contributed by atoms with Gasteiger partial charge in [-0.1, -0.05) is 12.5 Å². The van der Waals surface area contributed by atoms with Gasteiger partial charge < -0.3 is 10.6 Å². The molecule has 0 aromatic carbocycles. The van der Waals surface area contributed by atoms with Crippen LogP contribution in [0.2, 0.25) is 0 Å². The van der Waals surface area contributed by atoms with Crippen LogP contribution in [0, 0.1) is 17.8 Å². The molecule has 27 heavy (non-hydrogen) atoms. The highest BCUT2D eigenvalue weighted by molar-refractivity contribution is 14.0. The largest absolute Gasteiger partial charge is 0.356 e. The van der Waals surface area contributed by atoms with Gasteiger partial charge in [0, 0.05) is 18.8 Å². The molecule has 1 saturated heterocycles. The Morgan fingerprint density at radius 3 is 2.74 bits per heavy atom. The van der Waals surface area contributed by atoms with Crippen LogP contribution in [0.25, 0.3) is 0 Å². The number of hydrogen-bond acceptors (Lipinski definition) is 4. The molecule has 0 radical (unpaired) electrons. The van der Waals surface area contributed by atoms with Crippen LogP contribution in [0.3, 0.4) is 0 Å². The lowest BCUT2D eigenvalue weighted by atomic mass is 9.95. The molecule has 8 heteroatoms. The summed E-state index contributed by atoms with van der Waals surface area (Å²) in [5.41, 5.74) is 0.935. The molecular weight excluding hydrogens is 475 g/mol. The van der Waals surface area contributed by atoms with E-state index in [0.29, 0.717) is 30.6 Å². The minimum Gasteiger partial charge on any atom is -0.356 e. The second-order valence-corrected chi connectivity index (χ2v) is 10.3. The monoisotopic (exact) mass is 504 g/mol. The maximum absolute atomic E-state index is 11.7. The Labute approximate surface area is 179 Å². The smallest absolute Gasteiger partial charge is 0.191 e. The summed E-state index contributed by atoms with van der Waals surface area (Å²) in [5, 5.41) is 7.03. The molecule has 4 unspecified atom stereocenters. The molecule has 1 aliphatic heterocycles. The normalized spacial score (nSPS) is 31.5. The van der Waals surface area contributed by atoms with E-state index in [-0.39, 0.29) is 29.9 Å². The molecule has 2 N–H and O–H groups in total. The Morgan fingerprint density at radius 1 is 1.22 bits per heavy atom. The van der Waals surface area contributed by atoms with E-state index >= 15 is 0 Å². The SMILES string of the molecule is I.O=S1(=O)CCC(CNC(=NCc2ccccn2)NC2CC3CCC2C3)C1. The summed E-state index contributed by atoms with van der Waals surface area (Å²) in [6.45, 7) is 1.19. The minimum atomic E-state index is -2.84. The van der Waals surface area contributed by atoms with E-state index < -0.39 is 9.84 Å². The molecule has 4 atom stereocenters. The zero-order valence-electron chi connectivity index (χ0n) is 15.5. The maximum Gasteiger partial charge on any atom is 0.191 e. The van der Waals surface area contributed by atoms with E-state index in [1.807, 2.05) is 18.2 Å². The zero-order chi connectivity index (χ0) is 18.0. The number of aliphatic imine (C=N–C) groups is 1. The molecule has 2 bridgehead atoms. The van der Waals surface area contributed by atoms with Crippen LogP contribution in [-0.4, -0.2) is 43.5 Å². The summed E-state index contributed by atoms with van der Waals surface area (Å²) < 4.78 is 23.4. The standard InChI is InChI=1S/C19H28N4O2S.HI/c24-26(25)8-6-15(13-26)11-21-19(22-12-17-3-1-2-7-20-17)23-18-10-14-4-5-16(18)9-14;/h1-3,7,14-16,18H,4-6,8-13H2,(H2,21,22,23);1H. The van der Waals surface area contributed by atoms with Gasteiger partial charge in [-0.05, 0) is 55.6 Å². The number of halogens is 1. The second-order valence-electron chi connectivity index (χ2n) is 8.06. The molecule has 150 valence electrons. The molecule has 0 spiro atoms. The van der Waals surface area contributed by atoms with Gasteiger partial charge in [-0.15, -0.1) is 24.0 Å². The van der Waals surface area contributed by atoms with Crippen molar-refractivity contribution in [3.05, 3.63) is 30.1 Å². The molecule has 0 amide bonds. The van der Waals surface area contributed by atoms with Crippen LogP contribution in [0.5, 0.6) is 0 Å². The van der Waals surface area contributed by atoms with E-state index in [2.05, 4.69) is 15.6 Å². The fourth-order valence-electron chi connectivity index (χ4n) is 4.68. The average Bonchev–Trinajstić information content (AvgIpc) is 3.33. The summed E-state index contributed by atoms with van der Waals surface area (Å²) in [7, 11) is -2.84. The molecule has 2 saturated carbocycles. The zero-order valence-corrected chi connectivity index (χ0v) is 18.7. The van der Waals surface area contributed by atoms with Gasteiger partial charge in [0.05, 0.1) is 23.7 Å². The van der Waals surface area contributed by atoms with Crippen molar-refractivity contribution in [3.63, 3.8) is 0 Å². The summed E-state index contributed by atoms with van der Waals surface area (Å²) in [6, 6.07) is 6.34. The van der Waals surface area contributed by atoms with Crippen LogP contribution in [0.15, 0.2) is 29.4 Å². The van der Waals surface area contributed by atoms with Gasteiger partial charge in [0.1, 0.15) is 0 Å². The molecule has 3 fully saturated rings. The lowest BCUT2D eigenvalue weighted by Gasteiger charge is -2.25. The van der Waals surface area contributed by atoms with Crippen LogP contribution in [0.1, 0.15) is 37.8 Å². The molecule has 6 nitrogen and oxygen atoms in total. The van der Waals surface area contributed by atoms with Crippen molar-refractivity contribution >= 4 is 39.8 Å². The average molecular weight is 504 g/mol. The molecule has 2 aliphatic carbocycles. The molecule has 1 aromatic heterocycles. The first-order valence-corrected chi connectivity index (χ1v) is 11.5. The third-order valence-electron chi connectivity index (χ3n) is 6.07. The van der Waals surface area contributed by atoms with E-state index in [1.54, 1.807) is 6.20 Å². The minimum absolute atomic E-state index is 0.